The monoisotopic (exact) mass is 499 g/mol. The zero-order valence-corrected chi connectivity index (χ0v) is 18.8. The lowest BCUT2D eigenvalue weighted by Gasteiger charge is -2.13. The Morgan fingerprint density at radius 3 is 2.70 bits per heavy atom. The number of esters is 1. The fourth-order valence-corrected chi connectivity index (χ4v) is 4.12. The van der Waals surface area contributed by atoms with Crippen molar-refractivity contribution in [1.82, 2.24) is 20.0 Å². The molecule has 3 rings (SSSR count). The first-order valence-electron chi connectivity index (χ1n) is 9.30. The largest absolute Gasteiger partial charge is 0.465 e. The van der Waals surface area contributed by atoms with Crippen molar-refractivity contribution in [2.45, 2.75) is 24.4 Å². The molecule has 0 bridgehead atoms. The molecule has 0 saturated carbocycles. The van der Waals surface area contributed by atoms with Crippen LogP contribution in [0.3, 0.4) is 0 Å². The average molecular weight is 499 g/mol. The number of aryl methyl sites for hydroxylation is 1. The summed E-state index contributed by atoms with van der Waals surface area (Å²) in [7, 11) is 0. The predicted octanol–water partition coefficient (Wildman–Crippen LogP) is 3.32. The second-order valence-electron chi connectivity index (χ2n) is 6.38. The normalized spacial score (nSPS) is 11.3. The van der Waals surface area contributed by atoms with Crippen molar-refractivity contribution in [2.75, 3.05) is 17.7 Å². The molecule has 3 aromatic rings. The molecule has 0 atom stereocenters. The molecule has 0 aliphatic rings. The van der Waals surface area contributed by atoms with E-state index < -0.39 is 34.7 Å². The van der Waals surface area contributed by atoms with Gasteiger partial charge in [-0.05, 0) is 32.0 Å². The number of ether oxygens (including phenoxy) is 1. The number of thioether (sulfide) groups is 1. The first-order chi connectivity index (χ1) is 15.6. The quantitative estimate of drug-likeness (QED) is 0.299. The Bertz CT molecular complexity index is 1240. The van der Waals surface area contributed by atoms with Crippen LogP contribution in [0, 0.1) is 6.92 Å². The molecule has 0 saturated heterocycles. The molecule has 2 aromatic heterocycles. The molecule has 2 heterocycles. The van der Waals surface area contributed by atoms with E-state index in [0.717, 1.165) is 46.0 Å². The molecule has 0 radical (unpaired) electrons. The number of carbonyl (C=O) groups is 2. The highest BCUT2D eigenvalue weighted by Crippen LogP contribution is 2.30. The van der Waals surface area contributed by atoms with Crippen molar-refractivity contribution in [3.63, 3.8) is 0 Å². The number of carbonyl (C=O) groups excluding carboxylic acids is 2. The van der Waals surface area contributed by atoms with Crippen LogP contribution in [0.5, 0.6) is 0 Å². The zero-order chi connectivity index (χ0) is 24.2. The number of aromatic nitrogens is 4. The summed E-state index contributed by atoms with van der Waals surface area (Å²) in [6.45, 7) is 3.41. The number of amides is 1. The van der Waals surface area contributed by atoms with Gasteiger partial charge < -0.3 is 4.74 Å². The number of rotatable bonds is 7. The third-order valence-corrected chi connectivity index (χ3v) is 5.93. The van der Waals surface area contributed by atoms with Crippen molar-refractivity contribution in [3.05, 3.63) is 57.5 Å². The number of nitrogens with zero attached hydrogens (tertiary/aromatic N) is 4. The molecule has 33 heavy (non-hydrogen) atoms. The summed E-state index contributed by atoms with van der Waals surface area (Å²) in [5.41, 5.74) is -1.87. The maximum Gasteiger partial charge on any atom is 0.416 e. The van der Waals surface area contributed by atoms with E-state index in [1.165, 1.54) is 19.1 Å². The molecule has 1 amide bonds. The van der Waals surface area contributed by atoms with Gasteiger partial charge in [0.1, 0.15) is 0 Å². The summed E-state index contributed by atoms with van der Waals surface area (Å²) in [5, 5.41) is 14.0. The van der Waals surface area contributed by atoms with E-state index in [1.54, 1.807) is 6.92 Å². The number of nitrogens with one attached hydrogen (secondary N) is 1. The fraction of sp³-hybridized carbons (Fsp3) is 0.263. The second kappa shape index (κ2) is 10.1. The second-order valence-corrected chi connectivity index (χ2v) is 8.58. The van der Waals surface area contributed by atoms with Crippen LogP contribution in [0.2, 0.25) is 0 Å². The number of halogens is 3. The van der Waals surface area contributed by atoms with Crippen molar-refractivity contribution in [3.8, 4) is 5.69 Å². The lowest BCUT2D eigenvalue weighted by atomic mass is 10.2. The molecular formula is C19H16F3N5O4S2. The van der Waals surface area contributed by atoms with Crippen LogP contribution >= 0.6 is 23.1 Å². The van der Waals surface area contributed by atoms with Crippen molar-refractivity contribution < 1.29 is 27.5 Å². The SMILES string of the molecule is CCOC(=O)CSc1nnc(NC(=O)c2nn(-c3cccc(C(F)(F)F)c3)c(C)cc2=O)s1. The third kappa shape index (κ3) is 6.16. The molecule has 1 N–H and O–H groups in total. The predicted molar refractivity (Wildman–Crippen MR) is 115 cm³/mol. The highest BCUT2D eigenvalue weighted by Gasteiger charge is 2.30. The minimum atomic E-state index is -4.57. The van der Waals surface area contributed by atoms with Crippen molar-refractivity contribution in [2.24, 2.45) is 0 Å². The van der Waals surface area contributed by atoms with E-state index in [0.29, 0.717) is 4.34 Å². The van der Waals surface area contributed by atoms with Crippen molar-refractivity contribution >= 4 is 40.1 Å². The minimum absolute atomic E-state index is 0.0115. The summed E-state index contributed by atoms with van der Waals surface area (Å²) in [6.07, 6.45) is -4.57. The minimum Gasteiger partial charge on any atom is -0.465 e. The third-order valence-electron chi connectivity index (χ3n) is 3.99. The van der Waals surface area contributed by atoms with Gasteiger partial charge in [0.05, 0.1) is 23.6 Å². The van der Waals surface area contributed by atoms with Gasteiger partial charge >= 0.3 is 12.1 Å². The average Bonchev–Trinajstić information content (AvgIpc) is 3.19. The van der Waals surface area contributed by atoms with E-state index in [2.05, 4.69) is 20.6 Å². The molecule has 14 heteroatoms. The molecule has 1 aromatic carbocycles. The van der Waals surface area contributed by atoms with Crippen LogP contribution in [0.25, 0.3) is 5.69 Å². The van der Waals surface area contributed by atoms with E-state index in [9.17, 15) is 27.6 Å². The molecule has 0 fully saturated rings. The van der Waals surface area contributed by atoms with Gasteiger partial charge in [0.2, 0.25) is 10.6 Å². The summed E-state index contributed by atoms with van der Waals surface area (Å²) in [5.74, 6) is -1.32. The maximum atomic E-state index is 13.1. The number of alkyl halides is 3. The van der Waals surface area contributed by atoms with Crippen molar-refractivity contribution in [1.29, 1.82) is 0 Å². The Balaban J connectivity index is 1.81. The lowest BCUT2D eigenvalue weighted by Crippen LogP contribution is -2.27. The van der Waals surface area contributed by atoms with Gasteiger partial charge in [-0.15, -0.1) is 10.2 Å². The standard InChI is InChI=1S/C19H16F3N5O4S2/c1-3-31-14(29)9-32-18-25-24-17(33-18)23-16(30)15-13(28)7-10(2)27(26-15)12-6-4-5-11(8-12)19(20,21)22/h4-8H,3,9H2,1-2H3,(H,23,24,30). The van der Waals surface area contributed by atoms with E-state index >= 15 is 0 Å². The Labute approximate surface area is 193 Å². The first kappa shape index (κ1) is 24.4. The zero-order valence-electron chi connectivity index (χ0n) is 17.2. The molecule has 0 spiro atoms. The summed E-state index contributed by atoms with van der Waals surface area (Å²) < 4.78 is 45.4. The summed E-state index contributed by atoms with van der Waals surface area (Å²) in [4.78, 5) is 36.3. The van der Waals surface area contributed by atoms with Crippen LogP contribution in [-0.2, 0) is 15.7 Å². The summed E-state index contributed by atoms with van der Waals surface area (Å²) >= 11 is 2.04. The first-order valence-corrected chi connectivity index (χ1v) is 11.1. The number of anilines is 1. The van der Waals surface area contributed by atoms with Gasteiger partial charge in [0.15, 0.2) is 10.0 Å². The highest BCUT2D eigenvalue weighted by atomic mass is 32.2. The van der Waals surface area contributed by atoms with Gasteiger partial charge in [0, 0.05) is 11.8 Å². The molecule has 174 valence electrons. The van der Waals surface area contributed by atoms with Crippen LogP contribution in [0.4, 0.5) is 18.3 Å². The van der Waals surface area contributed by atoms with Gasteiger partial charge in [-0.2, -0.15) is 18.3 Å². The van der Waals surface area contributed by atoms with Gasteiger partial charge in [0.25, 0.3) is 5.91 Å². The molecule has 0 aliphatic carbocycles. The van der Waals surface area contributed by atoms with Crippen LogP contribution in [0.1, 0.15) is 28.7 Å². The number of hydrogen-bond donors (Lipinski definition) is 1. The van der Waals surface area contributed by atoms with E-state index in [1.807, 2.05) is 0 Å². The smallest absolute Gasteiger partial charge is 0.416 e. The Hall–Kier alpha value is -3.26. The fourth-order valence-electron chi connectivity index (χ4n) is 2.58. The van der Waals surface area contributed by atoms with Crippen LogP contribution in [-0.4, -0.2) is 44.2 Å². The van der Waals surface area contributed by atoms with Gasteiger partial charge in [-0.25, -0.2) is 4.68 Å². The highest BCUT2D eigenvalue weighted by molar-refractivity contribution is 8.01. The lowest BCUT2D eigenvalue weighted by molar-refractivity contribution is -0.140. The van der Waals surface area contributed by atoms with E-state index in [4.69, 9.17) is 4.74 Å². The molecule has 9 nitrogen and oxygen atoms in total. The molecular weight excluding hydrogens is 483 g/mol. The van der Waals surface area contributed by atoms with Crippen LogP contribution < -0.4 is 10.7 Å². The molecule has 0 aliphatic heterocycles. The Morgan fingerprint density at radius 1 is 1.24 bits per heavy atom. The van der Waals surface area contributed by atoms with Gasteiger partial charge in [-0.3, -0.25) is 19.7 Å². The number of hydrogen-bond acceptors (Lipinski definition) is 9. The van der Waals surface area contributed by atoms with E-state index in [-0.39, 0.29) is 28.9 Å². The van der Waals surface area contributed by atoms with Crippen LogP contribution in [0.15, 0.2) is 39.5 Å². The maximum absolute atomic E-state index is 13.1. The molecule has 0 unspecified atom stereocenters. The van der Waals surface area contributed by atoms with Gasteiger partial charge in [-0.1, -0.05) is 29.2 Å². The Morgan fingerprint density at radius 2 is 2.00 bits per heavy atom. The summed E-state index contributed by atoms with van der Waals surface area (Å²) in [6, 6.07) is 5.45. The Kier molecular flexibility index (Phi) is 7.48. The number of benzene rings is 1. The topological polar surface area (TPSA) is 116 Å².